The molecule has 0 amide bonds. The van der Waals surface area contributed by atoms with E-state index in [9.17, 15) is 14.7 Å². The molecule has 0 aliphatic carbocycles. The maximum absolute atomic E-state index is 12.8. The summed E-state index contributed by atoms with van der Waals surface area (Å²) in [4.78, 5) is 31.4. The van der Waals surface area contributed by atoms with E-state index in [1.165, 1.54) is 11.3 Å². The Bertz CT molecular complexity index is 1510. The van der Waals surface area contributed by atoms with Gasteiger partial charge in [0.1, 0.15) is 21.9 Å². The highest BCUT2D eigenvalue weighted by Crippen LogP contribution is 2.34. The third kappa shape index (κ3) is 5.02. The molecule has 8 heteroatoms. The van der Waals surface area contributed by atoms with E-state index in [0.717, 1.165) is 29.0 Å². The van der Waals surface area contributed by atoms with Gasteiger partial charge in [-0.15, -0.1) is 11.3 Å². The monoisotopic (exact) mass is 488 g/mol. The van der Waals surface area contributed by atoms with Gasteiger partial charge in [0.2, 0.25) is 0 Å². The number of carboxylic acids is 1. The normalized spacial score (nSPS) is 10.7. The van der Waals surface area contributed by atoms with Crippen LogP contribution in [0.5, 0.6) is 5.75 Å². The van der Waals surface area contributed by atoms with E-state index in [1.807, 2.05) is 50.2 Å². The highest BCUT2D eigenvalue weighted by Gasteiger charge is 2.24. The van der Waals surface area contributed by atoms with Gasteiger partial charge in [-0.3, -0.25) is 0 Å². The van der Waals surface area contributed by atoms with Crippen molar-refractivity contribution >= 4 is 44.2 Å². The van der Waals surface area contributed by atoms with Crippen LogP contribution in [-0.4, -0.2) is 34.3 Å². The number of aromatic hydroxyl groups is 1. The fourth-order valence-electron chi connectivity index (χ4n) is 3.80. The molecule has 178 valence electrons. The lowest BCUT2D eigenvalue weighted by Crippen LogP contribution is -2.21. The van der Waals surface area contributed by atoms with Crippen LogP contribution in [0.4, 0.5) is 5.69 Å². The van der Waals surface area contributed by atoms with E-state index < -0.39 is 11.6 Å². The summed E-state index contributed by atoms with van der Waals surface area (Å²) in [6, 6.07) is 21.4. The molecule has 0 bridgehead atoms. The number of fused-ring (bicyclic) bond motifs is 2. The van der Waals surface area contributed by atoms with Gasteiger partial charge in [0.05, 0.1) is 15.8 Å². The minimum absolute atomic E-state index is 0.00297. The summed E-state index contributed by atoms with van der Waals surface area (Å²) < 4.78 is 6.41. The number of rotatable bonds is 5. The minimum atomic E-state index is -1.18. The number of benzene rings is 3. The zero-order valence-corrected chi connectivity index (χ0v) is 20.1. The smallest absolute Gasteiger partial charge is 0.347 e. The summed E-state index contributed by atoms with van der Waals surface area (Å²) in [6.45, 7) is 5.65. The second-order valence-electron chi connectivity index (χ2n) is 7.62. The Labute approximate surface area is 205 Å². The molecular weight excluding hydrogens is 464 g/mol. The number of hydrogen-bond acceptors (Lipinski definition) is 7. The Kier molecular flexibility index (Phi) is 7.12. The number of carbonyl (C=O) groups is 1. The van der Waals surface area contributed by atoms with E-state index >= 15 is 0 Å². The fraction of sp³-hybridized carbons (Fsp3) is 0.148. The average Bonchev–Trinajstić information content (AvgIpc) is 3.28. The van der Waals surface area contributed by atoms with Gasteiger partial charge in [-0.2, -0.15) is 0 Å². The molecule has 0 saturated carbocycles. The van der Waals surface area contributed by atoms with Crippen molar-refractivity contribution in [3.05, 3.63) is 88.8 Å². The molecule has 0 spiro atoms. The van der Waals surface area contributed by atoms with Crippen LogP contribution in [0.2, 0.25) is 0 Å². The summed E-state index contributed by atoms with van der Waals surface area (Å²) in [5, 5.41) is 19.2. The van der Waals surface area contributed by atoms with Crippen molar-refractivity contribution in [2.45, 2.75) is 13.8 Å². The summed E-state index contributed by atoms with van der Waals surface area (Å²) in [7, 11) is 0. The Morgan fingerprint density at radius 2 is 1.69 bits per heavy atom. The van der Waals surface area contributed by atoms with Crippen molar-refractivity contribution < 1.29 is 19.4 Å². The number of nitrogens with zero attached hydrogens (tertiary/aromatic N) is 2. The Balaban J connectivity index is 0.000000356. The third-order valence-corrected chi connectivity index (χ3v) is 6.55. The van der Waals surface area contributed by atoms with Gasteiger partial charge in [-0.25, -0.2) is 14.6 Å². The van der Waals surface area contributed by atoms with Crippen LogP contribution in [0.25, 0.3) is 31.8 Å². The zero-order valence-electron chi connectivity index (χ0n) is 19.3. The van der Waals surface area contributed by atoms with Crippen molar-refractivity contribution in [3.8, 4) is 16.3 Å². The lowest BCUT2D eigenvalue weighted by atomic mass is 10.0. The molecule has 0 radical (unpaired) electrons. The summed E-state index contributed by atoms with van der Waals surface area (Å²) >= 11 is 1.28. The molecule has 5 rings (SSSR count). The first-order valence-corrected chi connectivity index (χ1v) is 11.9. The van der Waals surface area contributed by atoms with Crippen LogP contribution < -0.4 is 10.5 Å². The molecule has 0 atom stereocenters. The minimum Gasteiger partial charge on any atom is -0.508 e. The van der Waals surface area contributed by atoms with Crippen LogP contribution in [0.1, 0.15) is 24.2 Å². The number of para-hydroxylation sites is 2. The number of phenolic OH excluding ortho intramolecular Hbond substituents is 1. The van der Waals surface area contributed by atoms with Crippen molar-refractivity contribution in [1.82, 2.24) is 4.98 Å². The SMILES string of the molecule is CCN(CC)c1ccc2c(C(=O)O)c(-c3nc4ccccc4s3)c(=O)oc2c1.Oc1ccccc1. The number of phenols is 1. The number of thiazole rings is 1. The number of carboxylic acid groups (broad SMARTS) is 1. The largest absolute Gasteiger partial charge is 0.508 e. The summed E-state index contributed by atoms with van der Waals surface area (Å²) in [5.74, 6) is -0.856. The van der Waals surface area contributed by atoms with Gasteiger partial charge in [0, 0.05) is 30.2 Å². The predicted octanol–water partition coefficient (Wildman–Crippen LogP) is 6.01. The number of anilines is 1. The first-order valence-electron chi connectivity index (χ1n) is 11.1. The summed E-state index contributed by atoms with van der Waals surface area (Å²) in [6.07, 6.45) is 0. The molecule has 7 nitrogen and oxygen atoms in total. The molecule has 3 aromatic carbocycles. The van der Waals surface area contributed by atoms with Crippen LogP contribution >= 0.6 is 11.3 Å². The first kappa shape index (κ1) is 24.0. The van der Waals surface area contributed by atoms with Gasteiger partial charge in [-0.1, -0.05) is 30.3 Å². The van der Waals surface area contributed by atoms with Crippen LogP contribution in [0, 0.1) is 0 Å². The molecule has 5 aromatic rings. The standard InChI is InChI=1S/C21H18N2O4S.C6H6O/c1-3-23(4-2)12-9-10-13-15(11-12)27-21(26)18(17(13)20(24)25)19-22-14-7-5-6-8-16(14)28-19;7-6-4-2-1-3-5-6/h5-11H,3-4H2,1-2H3,(H,24,25);1-5,7H. The lowest BCUT2D eigenvalue weighted by molar-refractivity contribution is 0.0699. The van der Waals surface area contributed by atoms with Crippen molar-refractivity contribution in [2.24, 2.45) is 0 Å². The third-order valence-electron chi connectivity index (χ3n) is 5.50. The fourth-order valence-corrected chi connectivity index (χ4v) is 4.80. The summed E-state index contributed by atoms with van der Waals surface area (Å²) in [5.41, 5.74) is 1.09. The molecule has 0 saturated heterocycles. The Morgan fingerprint density at radius 1 is 1.00 bits per heavy atom. The number of aromatic nitrogens is 1. The highest BCUT2D eigenvalue weighted by molar-refractivity contribution is 7.21. The van der Waals surface area contributed by atoms with Gasteiger partial charge >= 0.3 is 11.6 Å². The highest BCUT2D eigenvalue weighted by atomic mass is 32.1. The van der Waals surface area contributed by atoms with E-state index in [2.05, 4.69) is 9.88 Å². The van der Waals surface area contributed by atoms with Crippen LogP contribution in [0.3, 0.4) is 0 Å². The lowest BCUT2D eigenvalue weighted by Gasteiger charge is -2.21. The molecule has 0 aliphatic rings. The molecule has 0 unspecified atom stereocenters. The van der Waals surface area contributed by atoms with Crippen LogP contribution in [0.15, 0.2) is 82.0 Å². The maximum atomic E-state index is 12.8. The van der Waals surface area contributed by atoms with E-state index in [4.69, 9.17) is 9.52 Å². The second kappa shape index (κ2) is 10.4. The van der Waals surface area contributed by atoms with Gasteiger partial charge in [0.25, 0.3) is 0 Å². The Morgan fingerprint density at radius 3 is 2.29 bits per heavy atom. The Hall–Kier alpha value is -4.17. The van der Waals surface area contributed by atoms with E-state index in [1.54, 1.807) is 36.4 Å². The molecule has 0 fully saturated rings. The molecular formula is C27H24N2O5S. The van der Waals surface area contributed by atoms with Crippen LogP contribution in [-0.2, 0) is 0 Å². The van der Waals surface area contributed by atoms with Crippen molar-refractivity contribution in [1.29, 1.82) is 0 Å². The predicted molar refractivity (Wildman–Crippen MR) is 140 cm³/mol. The van der Waals surface area contributed by atoms with Gasteiger partial charge in [-0.05, 0) is 50.2 Å². The molecule has 35 heavy (non-hydrogen) atoms. The molecule has 2 N–H and O–H groups in total. The maximum Gasteiger partial charge on any atom is 0.347 e. The zero-order chi connectivity index (χ0) is 24.9. The number of hydrogen-bond donors (Lipinski definition) is 2. The van der Waals surface area contributed by atoms with E-state index in [0.29, 0.717) is 16.1 Å². The number of aromatic carboxylic acids is 1. The van der Waals surface area contributed by atoms with E-state index in [-0.39, 0.29) is 16.7 Å². The van der Waals surface area contributed by atoms with Gasteiger partial charge in [0.15, 0.2) is 0 Å². The van der Waals surface area contributed by atoms with Gasteiger partial charge < -0.3 is 19.5 Å². The second-order valence-corrected chi connectivity index (χ2v) is 8.65. The quantitative estimate of drug-likeness (QED) is 0.292. The first-order chi connectivity index (χ1) is 16.9. The molecule has 0 aliphatic heterocycles. The van der Waals surface area contributed by atoms with Crippen molar-refractivity contribution in [3.63, 3.8) is 0 Å². The average molecular weight is 489 g/mol. The van der Waals surface area contributed by atoms with Crippen molar-refractivity contribution in [2.75, 3.05) is 18.0 Å². The molecule has 2 aromatic heterocycles. The molecule has 2 heterocycles. The topological polar surface area (TPSA) is 104 Å².